The zero-order valence-corrected chi connectivity index (χ0v) is 25.8. The van der Waals surface area contributed by atoms with Crippen LogP contribution in [0.4, 0.5) is 16.2 Å². The van der Waals surface area contributed by atoms with E-state index in [-0.39, 0.29) is 34.1 Å². The van der Waals surface area contributed by atoms with E-state index in [0.717, 1.165) is 6.33 Å². The summed E-state index contributed by atoms with van der Waals surface area (Å²) in [6.45, 7) is -9.82. The van der Waals surface area contributed by atoms with Gasteiger partial charge in [0.15, 0.2) is 41.3 Å². The van der Waals surface area contributed by atoms with Crippen molar-refractivity contribution in [3.63, 3.8) is 0 Å². The van der Waals surface area contributed by atoms with Crippen LogP contribution < -0.4 is 17.0 Å². The highest BCUT2D eigenvalue weighted by atomic mass is 32.7. The van der Waals surface area contributed by atoms with Crippen molar-refractivity contribution in [2.24, 2.45) is 0 Å². The van der Waals surface area contributed by atoms with Gasteiger partial charge in [-0.25, -0.2) is 28.9 Å². The number of anilines is 2. The van der Waals surface area contributed by atoms with Gasteiger partial charge in [0.2, 0.25) is 5.95 Å². The first-order valence-electron chi connectivity index (χ1n) is 12.9. The van der Waals surface area contributed by atoms with Crippen LogP contribution in [0.3, 0.4) is 0 Å². The molecule has 0 bridgehead atoms. The number of hydrogen-bond acceptors (Lipinski definition) is 17. The molecule has 45 heavy (non-hydrogen) atoms. The lowest BCUT2D eigenvalue weighted by molar-refractivity contribution is -0.0570. The predicted octanol–water partition coefficient (Wildman–Crippen LogP) is -0.310. The molecule has 3 aliphatic rings. The number of thiol groups is 1. The van der Waals surface area contributed by atoms with Crippen LogP contribution in [0.25, 0.3) is 22.3 Å². The normalized spacial score (nSPS) is 37.7. The number of halogens is 1. The Kier molecular flexibility index (Phi) is 7.74. The lowest BCUT2D eigenvalue weighted by atomic mass is 10.1. The third-order valence-electron chi connectivity index (χ3n) is 7.28. The number of imidazole rings is 2. The number of nitrogens with two attached hydrogens (primary N) is 2. The highest BCUT2D eigenvalue weighted by molar-refractivity contribution is 8.44. The van der Waals surface area contributed by atoms with Crippen molar-refractivity contribution in [1.29, 1.82) is 0 Å². The average Bonchev–Trinajstić information content (AvgIpc) is 3.72. The van der Waals surface area contributed by atoms with Crippen molar-refractivity contribution < 1.29 is 46.5 Å². The molecule has 0 radical (unpaired) electrons. The molecule has 0 amide bonds. The summed E-state index contributed by atoms with van der Waals surface area (Å²) in [5.74, 6) is -0.169. The second kappa shape index (κ2) is 11.2. The summed E-state index contributed by atoms with van der Waals surface area (Å²) < 4.78 is 65.7. The molecule has 20 nitrogen and oxygen atoms in total. The number of nitrogens with one attached hydrogen (secondary N) is 1. The Morgan fingerprint density at radius 1 is 1.00 bits per heavy atom. The van der Waals surface area contributed by atoms with Crippen LogP contribution in [0.15, 0.2) is 23.8 Å². The van der Waals surface area contributed by atoms with E-state index in [4.69, 9.17) is 50.8 Å². The van der Waals surface area contributed by atoms with E-state index in [2.05, 4.69) is 42.2 Å². The molecule has 0 aromatic carbocycles. The number of fused-ring (bicyclic) bond motifs is 4. The number of nitrogen functional groups attached to an aromatic ring is 2. The molecule has 0 aliphatic carbocycles. The Bertz CT molecular complexity index is 1950. The molecule has 3 aliphatic heterocycles. The summed E-state index contributed by atoms with van der Waals surface area (Å²) in [5.41, 5.74) is 11.1. The third-order valence-corrected chi connectivity index (χ3v) is 10.5. The minimum absolute atomic E-state index is 0.0326. The average molecular weight is 709 g/mol. The summed E-state index contributed by atoms with van der Waals surface area (Å²) in [7, 11) is 0. The van der Waals surface area contributed by atoms with E-state index >= 15 is 4.39 Å². The van der Waals surface area contributed by atoms with E-state index in [1.165, 1.54) is 21.8 Å². The van der Waals surface area contributed by atoms with Gasteiger partial charge in [-0.2, -0.15) is 4.98 Å². The largest absolute Gasteiger partial charge is 0.386 e. The molecule has 242 valence electrons. The summed E-state index contributed by atoms with van der Waals surface area (Å²) in [5, 5.41) is 11.2. The molecule has 3 unspecified atom stereocenters. The molecule has 0 saturated carbocycles. The van der Waals surface area contributed by atoms with Crippen LogP contribution in [-0.4, -0.2) is 98.9 Å². The second-order valence-corrected chi connectivity index (χ2v) is 15.8. The summed E-state index contributed by atoms with van der Waals surface area (Å²) in [6, 6.07) is 0. The fourth-order valence-corrected chi connectivity index (χ4v) is 8.21. The van der Waals surface area contributed by atoms with Crippen LogP contribution >= 0.6 is 25.8 Å². The molecule has 7 N–H and O–H groups in total. The molecule has 0 spiro atoms. The maximum Gasteiger partial charge on any atom is 0.386 e. The molecule has 7 rings (SSSR count). The number of alkyl halides is 1. The third kappa shape index (κ3) is 5.55. The number of hydrogen-bond donors (Lipinski definition) is 6. The quantitative estimate of drug-likeness (QED) is 0.115. The number of nitrogens with zero attached hydrogens (tertiary/aromatic N) is 7. The molecule has 4 aromatic rings. The lowest BCUT2D eigenvalue weighted by Gasteiger charge is -2.29. The van der Waals surface area contributed by atoms with E-state index in [0.29, 0.717) is 0 Å². The molecule has 3 fully saturated rings. The summed E-state index contributed by atoms with van der Waals surface area (Å²) in [4.78, 5) is 45.6. The van der Waals surface area contributed by atoms with Gasteiger partial charge in [-0.05, 0) is 11.8 Å². The van der Waals surface area contributed by atoms with Crippen molar-refractivity contribution in [1.82, 2.24) is 39.0 Å². The Balaban J connectivity index is 1.17. The van der Waals surface area contributed by atoms with Crippen LogP contribution in [0.5, 0.6) is 0 Å². The van der Waals surface area contributed by atoms with Gasteiger partial charge in [0.1, 0.15) is 42.4 Å². The van der Waals surface area contributed by atoms with Crippen LogP contribution in [-0.2, 0) is 43.9 Å². The summed E-state index contributed by atoms with van der Waals surface area (Å²) >= 11 is 9.20. The SMILES string of the molecule is Nc1nc2c(ncn2[C@@H]2O[C@@H]3COP(=O)(S)O[C@@H]4C(COP(O)(=S)O[C@H]3[C@H]2O)O[C@@H](n2cnc3c(N)ncnc32)[C@@H]4F)c(=O)[nH]1. The molecule has 4 aromatic heterocycles. The zero-order chi connectivity index (χ0) is 31.8. The van der Waals surface area contributed by atoms with Crippen LogP contribution in [0.1, 0.15) is 12.5 Å². The minimum Gasteiger partial charge on any atom is -0.386 e. The lowest BCUT2D eigenvalue weighted by Crippen LogP contribution is -2.38. The number of aliphatic hydroxyl groups is 1. The first-order valence-corrected chi connectivity index (χ1v) is 18.2. The predicted molar refractivity (Wildman–Crippen MR) is 156 cm³/mol. The number of H-pyrrole nitrogens is 1. The number of rotatable bonds is 2. The highest BCUT2D eigenvalue weighted by Gasteiger charge is 2.53. The van der Waals surface area contributed by atoms with E-state index in [1.807, 2.05) is 0 Å². The first-order chi connectivity index (χ1) is 21.3. The molecule has 10 atom stereocenters. The Morgan fingerprint density at radius 2 is 1.67 bits per heavy atom. The zero-order valence-electron chi connectivity index (χ0n) is 22.3. The standard InChI is InChI=1S/C20H23FN10O10P2S2/c21-8-12-6(38-18(8)30-4-26-9-14(22)24-3-25-15(9)30)1-36-43(35,45)41-13-7(2-37-42(34,44)40-12)39-19(11(13)32)31-5-27-10-16(31)28-20(23)29-17(10)33/h3-8,11-13,18-19,32H,1-2H2,(H,34,44)(H,35,45)(H2,22,24,25)(H3,23,28,29,33)/t6?,7-,8-,11-,12-,13-,18-,19-,42?,43?/m1/s1. The molecule has 3 saturated heterocycles. The van der Waals surface area contributed by atoms with E-state index in [1.54, 1.807) is 0 Å². The van der Waals surface area contributed by atoms with E-state index in [9.17, 15) is 19.4 Å². The maximum absolute atomic E-state index is 16.0. The molecular formula is C20H23FN10O10P2S2. The molecule has 25 heteroatoms. The highest BCUT2D eigenvalue weighted by Crippen LogP contribution is 2.58. The van der Waals surface area contributed by atoms with Gasteiger partial charge in [-0.3, -0.25) is 32.5 Å². The topological polar surface area (TPSA) is 272 Å². The van der Waals surface area contributed by atoms with E-state index < -0.39 is 81.4 Å². The Labute approximate surface area is 260 Å². The van der Waals surface area contributed by atoms with Crippen molar-refractivity contribution in [3.05, 3.63) is 29.3 Å². The van der Waals surface area contributed by atoms with Crippen LogP contribution in [0.2, 0.25) is 0 Å². The fourth-order valence-electron chi connectivity index (χ4n) is 5.28. The first kappa shape index (κ1) is 31.0. The van der Waals surface area contributed by atoms with Crippen LogP contribution in [0, 0.1) is 0 Å². The minimum atomic E-state index is -4.38. The second-order valence-electron chi connectivity index (χ2n) is 10.1. The maximum atomic E-state index is 16.0. The van der Waals surface area contributed by atoms with Gasteiger partial charge in [0.25, 0.3) is 5.56 Å². The van der Waals surface area contributed by atoms with Crippen molar-refractivity contribution in [3.8, 4) is 0 Å². The van der Waals surface area contributed by atoms with Crippen molar-refractivity contribution in [2.45, 2.75) is 49.1 Å². The van der Waals surface area contributed by atoms with Gasteiger partial charge >= 0.3 is 13.5 Å². The van der Waals surface area contributed by atoms with Gasteiger partial charge < -0.3 is 35.5 Å². The fraction of sp³-hybridized carbons (Fsp3) is 0.500. The number of aromatic nitrogens is 8. The molecular weight excluding hydrogens is 685 g/mol. The monoisotopic (exact) mass is 708 g/mol. The van der Waals surface area contributed by atoms with Crippen molar-refractivity contribution in [2.75, 3.05) is 24.7 Å². The van der Waals surface area contributed by atoms with Gasteiger partial charge in [-0.15, -0.1) is 0 Å². The molecule has 7 heterocycles. The summed E-state index contributed by atoms with van der Waals surface area (Å²) in [6.07, 6.45) is -8.48. The Morgan fingerprint density at radius 3 is 2.44 bits per heavy atom. The number of aromatic amines is 1. The van der Waals surface area contributed by atoms with Gasteiger partial charge in [0.05, 0.1) is 25.9 Å². The van der Waals surface area contributed by atoms with Gasteiger partial charge in [0, 0.05) is 0 Å². The Hall–Kier alpha value is -2.66. The smallest absolute Gasteiger partial charge is 0.386 e. The van der Waals surface area contributed by atoms with Crippen molar-refractivity contribution >= 4 is 71.7 Å². The van der Waals surface area contributed by atoms with Gasteiger partial charge in [-0.1, -0.05) is 12.2 Å². The number of aliphatic hydroxyl groups excluding tert-OH is 1. The number of ether oxygens (including phenoxy) is 2.